The topological polar surface area (TPSA) is 45.0 Å². The summed E-state index contributed by atoms with van der Waals surface area (Å²) in [6.45, 7) is 3.05. The van der Waals surface area contributed by atoms with Gasteiger partial charge in [-0.1, -0.05) is 12.1 Å². The van der Waals surface area contributed by atoms with Gasteiger partial charge < -0.3 is 24.4 Å². The number of ether oxygens (including phenoxy) is 1. The highest BCUT2D eigenvalue weighted by Gasteiger charge is 2.10. The number of hydrogen-bond donors (Lipinski definition) is 1. The highest BCUT2D eigenvalue weighted by Crippen LogP contribution is 2.15. The fraction of sp³-hybridized carbons (Fsp3) is 0.450. The third-order valence-electron chi connectivity index (χ3n) is 4.20. The molecule has 0 atom stereocenters. The number of aryl methyl sites for hydroxylation is 1. The van der Waals surface area contributed by atoms with Crippen LogP contribution in [0.4, 0.5) is 0 Å². The van der Waals surface area contributed by atoms with E-state index in [1.165, 1.54) is 5.69 Å². The molecule has 1 N–H and O–H groups in total. The van der Waals surface area contributed by atoms with E-state index in [9.17, 15) is 0 Å². The summed E-state index contributed by atoms with van der Waals surface area (Å²) in [5, 5.41) is 3.42. The van der Waals surface area contributed by atoms with Crippen molar-refractivity contribution in [3.05, 3.63) is 52.3 Å². The molecule has 6 nitrogen and oxygen atoms in total. The Morgan fingerprint density at radius 3 is 2.67 bits per heavy atom. The number of nitrogens with one attached hydrogen (secondary N) is 1. The Morgan fingerprint density at radius 2 is 2.04 bits per heavy atom. The lowest BCUT2D eigenvalue weighted by molar-refractivity contribution is 0.261. The lowest BCUT2D eigenvalue weighted by Crippen LogP contribution is -2.38. The second-order valence-corrected chi connectivity index (χ2v) is 7.73. The average molecular weight is 436 g/mol. The Morgan fingerprint density at radius 1 is 1.26 bits per heavy atom. The molecule has 148 valence electrons. The minimum atomic E-state index is 0.681. The van der Waals surface area contributed by atoms with Crippen molar-refractivity contribution in [2.24, 2.45) is 12.0 Å². The molecular weight excluding hydrogens is 406 g/mol. The van der Waals surface area contributed by atoms with Crippen LogP contribution >= 0.6 is 15.9 Å². The summed E-state index contributed by atoms with van der Waals surface area (Å²) in [5.41, 5.74) is 2.37. The van der Waals surface area contributed by atoms with Gasteiger partial charge in [0, 0.05) is 50.6 Å². The number of guanidine groups is 1. The van der Waals surface area contributed by atoms with Gasteiger partial charge >= 0.3 is 0 Å². The van der Waals surface area contributed by atoms with Gasteiger partial charge in [-0.15, -0.1) is 0 Å². The molecule has 0 spiro atoms. The fourth-order valence-corrected chi connectivity index (χ4v) is 3.27. The van der Waals surface area contributed by atoms with Crippen LogP contribution in [0.15, 0.2) is 46.0 Å². The Bertz CT molecular complexity index is 757. The Hall–Kier alpha value is -1.99. The first-order valence-corrected chi connectivity index (χ1v) is 9.77. The third-order valence-corrected chi connectivity index (χ3v) is 4.64. The lowest BCUT2D eigenvalue weighted by atomic mass is 10.2. The van der Waals surface area contributed by atoms with Crippen LogP contribution in [0.5, 0.6) is 5.75 Å². The molecule has 0 fully saturated rings. The summed E-state index contributed by atoms with van der Waals surface area (Å²) < 4.78 is 9.01. The van der Waals surface area contributed by atoms with Gasteiger partial charge in [-0.05, 0) is 53.8 Å². The normalized spacial score (nSPS) is 11.7. The van der Waals surface area contributed by atoms with Gasteiger partial charge in [-0.2, -0.15) is 0 Å². The summed E-state index contributed by atoms with van der Waals surface area (Å²) in [6.07, 6.45) is 2.06. The predicted octanol–water partition coefficient (Wildman–Crippen LogP) is 2.94. The number of benzene rings is 1. The largest absolute Gasteiger partial charge is 0.492 e. The summed E-state index contributed by atoms with van der Waals surface area (Å²) in [5.74, 6) is 1.75. The molecule has 0 saturated heterocycles. The molecule has 2 rings (SSSR count). The van der Waals surface area contributed by atoms with Crippen molar-refractivity contribution in [2.45, 2.75) is 13.1 Å². The molecule has 0 radical (unpaired) electrons. The van der Waals surface area contributed by atoms with E-state index in [4.69, 9.17) is 4.74 Å². The van der Waals surface area contributed by atoms with Crippen molar-refractivity contribution in [1.82, 2.24) is 19.7 Å². The third kappa shape index (κ3) is 6.92. The molecule has 0 amide bonds. The number of hydrogen-bond acceptors (Lipinski definition) is 3. The van der Waals surface area contributed by atoms with E-state index in [1.807, 2.05) is 40.3 Å². The zero-order chi connectivity index (χ0) is 19.8. The van der Waals surface area contributed by atoms with Crippen LogP contribution in [0.25, 0.3) is 0 Å². The number of nitrogens with zero attached hydrogens (tertiary/aromatic N) is 4. The lowest BCUT2D eigenvalue weighted by Gasteiger charge is -2.22. The van der Waals surface area contributed by atoms with Crippen molar-refractivity contribution >= 4 is 21.9 Å². The summed E-state index contributed by atoms with van der Waals surface area (Å²) in [6, 6.07) is 10.3. The second kappa shape index (κ2) is 10.4. The van der Waals surface area contributed by atoms with E-state index in [0.29, 0.717) is 13.2 Å². The Kier molecular flexibility index (Phi) is 8.19. The minimum absolute atomic E-state index is 0.681. The average Bonchev–Trinajstić information content (AvgIpc) is 2.92. The summed E-state index contributed by atoms with van der Waals surface area (Å²) in [7, 11) is 9.98. The quantitative estimate of drug-likeness (QED) is 0.511. The first-order valence-electron chi connectivity index (χ1n) is 8.98. The zero-order valence-corrected chi connectivity index (χ0v) is 18.5. The van der Waals surface area contributed by atoms with Crippen molar-refractivity contribution in [3.63, 3.8) is 0 Å². The molecule has 1 heterocycles. The number of likely N-dealkylation sites (N-methyl/N-ethyl adjacent to an activating group) is 1. The maximum Gasteiger partial charge on any atom is 0.194 e. The van der Waals surface area contributed by atoms with Gasteiger partial charge in [0.15, 0.2) is 5.96 Å². The molecule has 27 heavy (non-hydrogen) atoms. The second-order valence-electron chi connectivity index (χ2n) is 6.82. The van der Waals surface area contributed by atoms with Gasteiger partial charge in [0.1, 0.15) is 12.4 Å². The van der Waals surface area contributed by atoms with Crippen LogP contribution in [0.1, 0.15) is 11.3 Å². The molecule has 0 aliphatic carbocycles. The number of aromatic nitrogens is 1. The first-order chi connectivity index (χ1) is 12.9. The Labute approximate surface area is 171 Å². The smallest absolute Gasteiger partial charge is 0.194 e. The van der Waals surface area contributed by atoms with E-state index in [0.717, 1.165) is 34.8 Å². The van der Waals surface area contributed by atoms with Gasteiger partial charge in [-0.3, -0.25) is 4.99 Å². The molecule has 2 aromatic rings. The van der Waals surface area contributed by atoms with Gasteiger partial charge in [0.2, 0.25) is 0 Å². The summed E-state index contributed by atoms with van der Waals surface area (Å²) >= 11 is 3.52. The SMILES string of the molecule is CN=C(NCc1cccc(OCCN(C)C)c1)N(C)Cc1cc(Br)cn1C. The molecule has 0 aliphatic rings. The number of halogens is 1. The molecule has 0 saturated carbocycles. The van der Waals surface area contributed by atoms with Gasteiger partial charge in [0.25, 0.3) is 0 Å². The van der Waals surface area contributed by atoms with E-state index < -0.39 is 0 Å². The predicted molar refractivity (Wildman–Crippen MR) is 115 cm³/mol. The van der Waals surface area contributed by atoms with Crippen LogP contribution in [0.2, 0.25) is 0 Å². The van der Waals surface area contributed by atoms with Gasteiger partial charge in [-0.25, -0.2) is 0 Å². The molecule has 0 bridgehead atoms. The molecule has 1 aromatic carbocycles. The standard InChI is InChI=1S/C20H30BrN5O/c1-22-20(26(5)15-18-12-17(21)14-25(18)4)23-13-16-7-6-8-19(11-16)27-10-9-24(2)3/h6-8,11-12,14H,9-10,13,15H2,1-5H3,(H,22,23). The molecule has 1 aromatic heterocycles. The molecular formula is C20H30BrN5O. The zero-order valence-electron chi connectivity index (χ0n) is 16.9. The fourth-order valence-electron chi connectivity index (χ4n) is 2.70. The molecule has 0 unspecified atom stereocenters. The maximum atomic E-state index is 5.82. The Balaban J connectivity index is 1.90. The van der Waals surface area contributed by atoms with Crippen molar-refractivity contribution in [3.8, 4) is 5.75 Å². The van der Waals surface area contributed by atoms with Crippen LogP contribution < -0.4 is 10.1 Å². The van der Waals surface area contributed by atoms with E-state index in [2.05, 4.69) is 65.0 Å². The van der Waals surface area contributed by atoms with E-state index in [-0.39, 0.29) is 0 Å². The van der Waals surface area contributed by atoms with Crippen molar-refractivity contribution in [2.75, 3.05) is 41.3 Å². The molecule has 7 heteroatoms. The van der Waals surface area contributed by atoms with Crippen LogP contribution in [-0.2, 0) is 20.1 Å². The summed E-state index contributed by atoms with van der Waals surface area (Å²) in [4.78, 5) is 8.62. The van der Waals surface area contributed by atoms with Crippen molar-refractivity contribution < 1.29 is 4.74 Å². The number of aliphatic imine (C=N–C) groups is 1. The molecule has 0 aliphatic heterocycles. The maximum absolute atomic E-state index is 5.82. The highest BCUT2D eigenvalue weighted by molar-refractivity contribution is 9.10. The van der Waals surface area contributed by atoms with Crippen LogP contribution in [-0.4, -0.2) is 61.7 Å². The highest BCUT2D eigenvalue weighted by atomic mass is 79.9. The van der Waals surface area contributed by atoms with Crippen LogP contribution in [0.3, 0.4) is 0 Å². The van der Waals surface area contributed by atoms with E-state index in [1.54, 1.807) is 7.05 Å². The minimum Gasteiger partial charge on any atom is -0.492 e. The first kappa shape index (κ1) is 21.3. The van der Waals surface area contributed by atoms with Gasteiger partial charge in [0.05, 0.1) is 6.54 Å². The van der Waals surface area contributed by atoms with Crippen molar-refractivity contribution in [1.29, 1.82) is 0 Å². The number of rotatable bonds is 8. The monoisotopic (exact) mass is 435 g/mol. The van der Waals surface area contributed by atoms with E-state index >= 15 is 0 Å². The van der Waals surface area contributed by atoms with Crippen LogP contribution in [0, 0.1) is 0 Å².